The minimum atomic E-state index is -0.0857. The molecule has 16 heavy (non-hydrogen) atoms. The zero-order valence-corrected chi connectivity index (χ0v) is 10.6. The van der Waals surface area contributed by atoms with Gasteiger partial charge in [0.1, 0.15) is 5.15 Å². The molecule has 0 aliphatic carbocycles. The number of hydrogen-bond donors (Lipinski definition) is 1. The fourth-order valence-electron chi connectivity index (χ4n) is 1.56. The Morgan fingerprint density at radius 2 is 2.44 bits per heavy atom. The van der Waals surface area contributed by atoms with Crippen LogP contribution in [0.4, 0.5) is 5.95 Å². The van der Waals surface area contributed by atoms with Crippen molar-refractivity contribution in [3.05, 3.63) is 15.8 Å². The van der Waals surface area contributed by atoms with Crippen molar-refractivity contribution in [2.24, 2.45) is 5.92 Å². The van der Waals surface area contributed by atoms with Crippen molar-refractivity contribution in [2.75, 3.05) is 18.1 Å². The van der Waals surface area contributed by atoms with Crippen molar-refractivity contribution >= 4 is 39.4 Å². The molecule has 0 radical (unpaired) electrons. The number of carbonyl (C=O) groups is 1. The third-order valence-corrected chi connectivity index (χ3v) is 3.49. The molecular weight excluding hydrogens is 297 g/mol. The molecule has 2 heterocycles. The molecule has 1 aromatic heterocycles. The van der Waals surface area contributed by atoms with Gasteiger partial charge in [0.25, 0.3) is 0 Å². The fraction of sp³-hybridized carbons (Fsp3) is 0.444. The largest absolute Gasteiger partial charge is 0.396 e. The minimum Gasteiger partial charge on any atom is -0.396 e. The van der Waals surface area contributed by atoms with E-state index >= 15 is 0 Å². The fourth-order valence-corrected chi connectivity index (χ4v) is 1.88. The van der Waals surface area contributed by atoms with Gasteiger partial charge in [-0.25, -0.2) is 4.98 Å². The average molecular weight is 307 g/mol. The number of aliphatic hydroxyl groups excluding tert-OH is 1. The molecular formula is C9H9BrClN3O2. The number of amides is 1. The van der Waals surface area contributed by atoms with E-state index in [-0.39, 0.29) is 29.5 Å². The van der Waals surface area contributed by atoms with Crippen LogP contribution in [0.1, 0.15) is 6.42 Å². The number of hydrogen-bond acceptors (Lipinski definition) is 4. The van der Waals surface area contributed by atoms with Crippen LogP contribution in [0, 0.1) is 5.92 Å². The lowest BCUT2D eigenvalue weighted by Crippen LogP contribution is -2.27. The van der Waals surface area contributed by atoms with Gasteiger partial charge in [0.15, 0.2) is 0 Å². The summed E-state index contributed by atoms with van der Waals surface area (Å²) >= 11 is 9.00. The second-order valence-corrected chi connectivity index (χ2v) is 4.78. The Hall–Kier alpha value is -0.720. The van der Waals surface area contributed by atoms with Crippen LogP contribution in [-0.2, 0) is 4.79 Å². The predicted octanol–water partition coefficient (Wildman–Crippen LogP) is 1.24. The Kier molecular flexibility index (Phi) is 3.41. The normalized spacial score (nSPS) is 20.6. The average Bonchev–Trinajstić information content (AvgIpc) is 2.64. The van der Waals surface area contributed by atoms with E-state index in [1.165, 1.54) is 11.1 Å². The molecule has 0 aromatic carbocycles. The maximum absolute atomic E-state index is 11.6. The van der Waals surface area contributed by atoms with Gasteiger partial charge in [-0.05, 0) is 15.9 Å². The Balaban J connectivity index is 2.24. The van der Waals surface area contributed by atoms with Crippen LogP contribution in [0.3, 0.4) is 0 Å². The van der Waals surface area contributed by atoms with Crippen LogP contribution in [0.25, 0.3) is 0 Å². The first-order valence-electron chi connectivity index (χ1n) is 4.71. The van der Waals surface area contributed by atoms with Gasteiger partial charge in [-0.2, -0.15) is 4.98 Å². The summed E-state index contributed by atoms with van der Waals surface area (Å²) in [5.41, 5.74) is 0. The van der Waals surface area contributed by atoms with Gasteiger partial charge in [-0.15, -0.1) is 0 Å². The van der Waals surface area contributed by atoms with E-state index in [9.17, 15) is 4.79 Å². The third kappa shape index (κ3) is 2.18. The van der Waals surface area contributed by atoms with Gasteiger partial charge in [-0.1, -0.05) is 11.6 Å². The van der Waals surface area contributed by atoms with Crippen LogP contribution in [0.15, 0.2) is 10.7 Å². The molecule has 1 aromatic rings. The maximum atomic E-state index is 11.6. The summed E-state index contributed by atoms with van der Waals surface area (Å²) in [4.78, 5) is 21.1. The molecule has 1 N–H and O–H groups in total. The molecule has 86 valence electrons. The van der Waals surface area contributed by atoms with Crippen molar-refractivity contribution in [1.29, 1.82) is 0 Å². The van der Waals surface area contributed by atoms with E-state index in [1.807, 2.05) is 0 Å². The molecule has 1 atom stereocenters. The molecule has 1 unspecified atom stereocenters. The molecule has 1 amide bonds. The first-order chi connectivity index (χ1) is 7.61. The van der Waals surface area contributed by atoms with Crippen LogP contribution in [0.5, 0.6) is 0 Å². The lowest BCUT2D eigenvalue weighted by molar-refractivity contribution is -0.117. The monoisotopic (exact) mass is 305 g/mol. The third-order valence-electron chi connectivity index (χ3n) is 2.39. The number of aromatic nitrogens is 2. The first kappa shape index (κ1) is 11.8. The number of aliphatic hydroxyl groups is 1. The highest BCUT2D eigenvalue weighted by Crippen LogP contribution is 2.25. The number of anilines is 1. The van der Waals surface area contributed by atoms with Crippen LogP contribution in [0.2, 0.25) is 5.15 Å². The van der Waals surface area contributed by atoms with Crippen molar-refractivity contribution in [3.8, 4) is 0 Å². The second kappa shape index (κ2) is 4.65. The Bertz CT molecular complexity index is 429. The van der Waals surface area contributed by atoms with Crippen molar-refractivity contribution in [1.82, 2.24) is 9.97 Å². The van der Waals surface area contributed by atoms with Gasteiger partial charge < -0.3 is 5.11 Å². The smallest absolute Gasteiger partial charge is 0.233 e. The molecule has 1 saturated heterocycles. The van der Waals surface area contributed by atoms with Gasteiger partial charge >= 0.3 is 0 Å². The van der Waals surface area contributed by atoms with Crippen LogP contribution < -0.4 is 4.90 Å². The molecule has 0 saturated carbocycles. The van der Waals surface area contributed by atoms with Crippen LogP contribution in [-0.4, -0.2) is 34.1 Å². The maximum Gasteiger partial charge on any atom is 0.233 e. The van der Waals surface area contributed by atoms with Gasteiger partial charge in [0, 0.05) is 31.7 Å². The Morgan fingerprint density at radius 3 is 3.00 bits per heavy atom. The Labute approximate surface area is 106 Å². The summed E-state index contributed by atoms with van der Waals surface area (Å²) in [5, 5.41) is 9.26. The highest BCUT2D eigenvalue weighted by atomic mass is 79.9. The van der Waals surface area contributed by atoms with E-state index in [2.05, 4.69) is 25.9 Å². The van der Waals surface area contributed by atoms with Gasteiger partial charge in [0.05, 0.1) is 4.47 Å². The van der Waals surface area contributed by atoms with Crippen molar-refractivity contribution < 1.29 is 9.90 Å². The molecule has 1 fully saturated rings. The summed E-state index contributed by atoms with van der Waals surface area (Å²) in [6.45, 7) is 0.430. The lowest BCUT2D eigenvalue weighted by atomic mass is 10.1. The molecule has 1 aliphatic rings. The number of carbonyl (C=O) groups excluding carboxylic acids is 1. The molecule has 7 heteroatoms. The van der Waals surface area contributed by atoms with E-state index in [0.717, 1.165) is 0 Å². The minimum absolute atomic E-state index is 0.00744. The summed E-state index contributed by atoms with van der Waals surface area (Å²) in [7, 11) is 0. The zero-order valence-electron chi connectivity index (χ0n) is 8.23. The molecule has 1 aliphatic heterocycles. The van der Waals surface area contributed by atoms with Crippen LogP contribution >= 0.6 is 27.5 Å². The van der Waals surface area contributed by atoms with Gasteiger partial charge in [0.2, 0.25) is 11.9 Å². The summed E-state index contributed by atoms with van der Waals surface area (Å²) in [6.07, 6.45) is 1.83. The summed E-state index contributed by atoms with van der Waals surface area (Å²) < 4.78 is 0.586. The molecule has 0 spiro atoms. The first-order valence-corrected chi connectivity index (χ1v) is 5.88. The van der Waals surface area contributed by atoms with E-state index in [0.29, 0.717) is 17.4 Å². The molecule has 2 rings (SSSR count). The lowest BCUT2D eigenvalue weighted by Gasteiger charge is -2.13. The SMILES string of the molecule is O=C1CC(CO)CN1c1ncc(Br)c(Cl)n1. The van der Waals surface area contributed by atoms with Crippen molar-refractivity contribution in [3.63, 3.8) is 0 Å². The van der Waals surface area contributed by atoms with E-state index in [4.69, 9.17) is 16.7 Å². The predicted molar refractivity (Wildman–Crippen MR) is 62.3 cm³/mol. The zero-order chi connectivity index (χ0) is 11.7. The van der Waals surface area contributed by atoms with Gasteiger partial charge in [-0.3, -0.25) is 9.69 Å². The molecule has 0 bridgehead atoms. The molecule has 5 nitrogen and oxygen atoms in total. The topological polar surface area (TPSA) is 66.3 Å². The van der Waals surface area contributed by atoms with E-state index in [1.54, 1.807) is 0 Å². The standard InChI is InChI=1S/C9H9BrClN3O2/c10-6-2-12-9(13-8(6)11)14-3-5(4-15)1-7(14)16/h2,5,15H,1,3-4H2. The second-order valence-electron chi connectivity index (χ2n) is 3.57. The summed E-state index contributed by atoms with van der Waals surface area (Å²) in [6, 6.07) is 0. The highest BCUT2D eigenvalue weighted by Gasteiger charge is 2.31. The summed E-state index contributed by atoms with van der Waals surface area (Å²) in [5.74, 6) is 0.158. The van der Waals surface area contributed by atoms with Crippen molar-refractivity contribution in [2.45, 2.75) is 6.42 Å². The number of nitrogens with zero attached hydrogens (tertiary/aromatic N) is 3. The number of halogens is 2. The Morgan fingerprint density at radius 1 is 1.69 bits per heavy atom. The highest BCUT2D eigenvalue weighted by molar-refractivity contribution is 9.10. The quantitative estimate of drug-likeness (QED) is 0.835. The number of rotatable bonds is 2. The van der Waals surface area contributed by atoms with E-state index < -0.39 is 0 Å².